The highest BCUT2D eigenvalue weighted by Crippen LogP contribution is 2.38. The van der Waals surface area contributed by atoms with Gasteiger partial charge in [-0.1, -0.05) is 74.3 Å². The van der Waals surface area contributed by atoms with Crippen molar-refractivity contribution in [3.8, 4) is 39.7 Å². The van der Waals surface area contributed by atoms with Gasteiger partial charge in [0.15, 0.2) is 11.5 Å². The third kappa shape index (κ3) is 5.07. The molecule has 0 saturated heterocycles. The van der Waals surface area contributed by atoms with Crippen molar-refractivity contribution < 1.29 is 4.52 Å². The number of halogens is 2. The lowest BCUT2D eigenvalue weighted by Gasteiger charge is -2.10. The highest BCUT2D eigenvalue weighted by Gasteiger charge is 2.27. The zero-order valence-electron chi connectivity index (χ0n) is 19.9. The maximum absolute atomic E-state index is 6.58. The fraction of sp³-hybridized carbons (Fsp3) is 0.346. The van der Waals surface area contributed by atoms with Crippen LogP contribution in [0.5, 0.6) is 0 Å². The Kier molecular flexibility index (Phi) is 7.18. The van der Waals surface area contributed by atoms with Gasteiger partial charge in [-0.15, -0.1) is 11.3 Å². The van der Waals surface area contributed by atoms with Crippen LogP contribution in [0.3, 0.4) is 0 Å². The first kappa shape index (κ1) is 24.5. The molecule has 0 aliphatic carbocycles. The molecule has 1 aromatic carbocycles. The molecule has 0 amide bonds. The second-order valence-electron chi connectivity index (χ2n) is 9.07. The molecule has 0 radical (unpaired) electrons. The predicted octanol–water partition coefficient (Wildman–Crippen LogP) is 8.11. The number of rotatable bonds is 5. The fourth-order valence-corrected chi connectivity index (χ4v) is 4.84. The van der Waals surface area contributed by atoms with Crippen molar-refractivity contribution in [2.24, 2.45) is 0 Å². The first-order chi connectivity index (χ1) is 16.2. The summed E-state index contributed by atoms with van der Waals surface area (Å²) in [7, 11) is 0. The molecule has 0 fully saturated rings. The Hall–Kier alpha value is -2.59. The molecule has 0 bridgehead atoms. The van der Waals surface area contributed by atoms with E-state index >= 15 is 0 Å². The Morgan fingerprint density at radius 2 is 1.94 bits per heavy atom. The van der Waals surface area contributed by atoms with E-state index in [2.05, 4.69) is 35.0 Å². The molecule has 0 saturated carbocycles. The molecular formula is C26H26Cl2N4OS. The van der Waals surface area contributed by atoms with Gasteiger partial charge in [0, 0.05) is 22.4 Å². The molecule has 34 heavy (non-hydrogen) atoms. The lowest BCUT2D eigenvalue weighted by molar-refractivity contribution is 0.401. The molecule has 0 atom stereocenters. The van der Waals surface area contributed by atoms with Crippen molar-refractivity contribution in [2.45, 2.75) is 59.3 Å². The summed E-state index contributed by atoms with van der Waals surface area (Å²) in [6, 6.07) is 9.48. The highest BCUT2D eigenvalue weighted by molar-refractivity contribution is 7.16. The first-order valence-corrected chi connectivity index (χ1v) is 12.7. The summed E-state index contributed by atoms with van der Waals surface area (Å²) in [4.78, 5) is 6.66. The van der Waals surface area contributed by atoms with Crippen molar-refractivity contribution in [1.82, 2.24) is 19.9 Å². The normalized spacial score (nSPS) is 11.5. The number of hydrogen-bond donors (Lipinski definition) is 0. The quantitative estimate of drug-likeness (QED) is 0.200. The maximum atomic E-state index is 6.58. The number of thiophene rings is 1. The van der Waals surface area contributed by atoms with Gasteiger partial charge in [-0.3, -0.25) is 0 Å². The van der Waals surface area contributed by atoms with Crippen molar-refractivity contribution in [2.75, 3.05) is 0 Å². The Morgan fingerprint density at radius 1 is 1.15 bits per heavy atom. The average Bonchev–Trinajstić information content (AvgIpc) is 3.49. The second kappa shape index (κ2) is 9.95. The van der Waals surface area contributed by atoms with Crippen LogP contribution in [-0.4, -0.2) is 19.9 Å². The minimum Gasteiger partial charge on any atom is -0.332 e. The van der Waals surface area contributed by atoms with E-state index in [-0.39, 0.29) is 5.41 Å². The van der Waals surface area contributed by atoms with Gasteiger partial charge in [0.25, 0.3) is 5.89 Å². The number of hydrogen-bond acceptors (Lipinski definition) is 5. The summed E-state index contributed by atoms with van der Waals surface area (Å²) in [5.74, 6) is 7.55. The Labute approximate surface area is 214 Å². The van der Waals surface area contributed by atoms with E-state index in [9.17, 15) is 0 Å². The molecular weight excluding hydrogens is 487 g/mol. The summed E-state index contributed by atoms with van der Waals surface area (Å²) >= 11 is 14.4. The van der Waals surface area contributed by atoms with Gasteiger partial charge in [-0.2, -0.15) is 10.1 Å². The number of unbranched alkanes of at least 4 members (excludes halogenated alkanes) is 2. The smallest absolute Gasteiger partial charge is 0.278 e. The lowest BCUT2D eigenvalue weighted by Crippen LogP contribution is -2.13. The third-order valence-corrected chi connectivity index (χ3v) is 6.81. The standard InChI is InChI=1S/C26H26Cl2N4OS/c1-6-7-8-9-10-18-12-14-21(34-18)23-16(2)22(24-29-25(31-33-24)26(3,4)5)30-32(23)20-13-11-17(27)15-19(20)28/h11-15H,6-8H2,1-5H3. The minimum atomic E-state index is -0.236. The van der Waals surface area contributed by atoms with Crippen molar-refractivity contribution in [3.05, 3.63) is 56.6 Å². The SMILES string of the molecule is CCCCC#Cc1ccc(-c2c(C)c(-c3nc(C(C)(C)C)no3)nn2-c2ccc(Cl)cc2Cl)s1. The first-order valence-electron chi connectivity index (χ1n) is 11.2. The molecule has 4 rings (SSSR count). The molecule has 0 N–H and O–H groups in total. The molecule has 3 heterocycles. The molecule has 8 heteroatoms. The van der Waals surface area contributed by atoms with E-state index in [4.69, 9.17) is 32.8 Å². The van der Waals surface area contributed by atoms with Crippen LogP contribution in [0.2, 0.25) is 10.0 Å². The van der Waals surface area contributed by atoms with Crippen LogP contribution in [0.15, 0.2) is 34.9 Å². The Bertz CT molecular complexity index is 1380. The van der Waals surface area contributed by atoms with Gasteiger partial charge in [-0.05, 0) is 43.7 Å². The van der Waals surface area contributed by atoms with Crippen molar-refractivity contribution in [1.29, 1.82) is 0 Å². The topological polar surface area (TPSA) is 56.7 Å². The van der Waals surface area contributed by atoms with Crippen LogP contribution in [-0.2, 0) is 5.41 Å². The van der Waals surface area contributed by atoms with Crippen LogP contribution in [0.25, 0.3) is 27.8 Å². The molecule has 0 unspecified atom stereocenters. The van der Waals surface area contributed by atoms with E-state index in [1.165, 1.54) is 0 Å². The molecule has 0 aliphatic heterocycles. The largest absolute Gasteiger partial charge is 0.332 e. The average molecular weight is 513 g/mol. The zero-order valence-corrected chi connectivity index (χ0v) is 22.2. The molecule has 3 aromatic heterocycles. The molecule has 4 aromatic rings. The van der Waals surface area contributed by atoms with Crippen LogP contribution in [0.1, 0.15) is 63.2 Å². The van der Waals surface area contributed by atoms with E-state index in [0.29, 0.717) is 27.5 Å². The van der Waals surface area contributed by atoms with Crippen LogP contribution in [0.4, 0.5) is 0 Å². The highest BCUT2D eigenvalue weighted by atomic mass is 35.5. The summed E-state index contributed by atoms with van der Waals surface area (Å²) in [6.07, 6.45) is 3.15. The number of benzene rings is 1. The summed E-state index contributed by atoms with van der Waals surface area (Å²) in [6.45, 7) is 10.3. The minimum absolute atomic E-state index is 0.236. The van der Waals surface area contributed by atoms with Crippen molar-refractivity contribution >= 4 is 34.5 Å². The summed E-state index contributed by atoms with van der Waals surface area (Å²) in [5, 5.41) is 10.1. The maximum Gasteiger partial charge on any atom is 0.278 e. The van der Waals surface area contributed by atoms with Gasteiger partial charge in [0.1, 0.15) is 0 Å². The summed E-state index contributed by atoms with van der Waals surface area (Å²) < 4.78 is 7.44. The Balaban J connectivity index is 1.85. The van der Waals surface area contributed by atoms with E-state index < -0.39 is 0 Å². The van der Waals surface area contributed by atoms with Crippen LogP contribution < -0.4 is 0 Å². The third-order valence-electron chi connectivity index (χ3n) is 5.27. The van der Waals surface area contributed by atoms with E-state index in [0.717, 1.165) is 46.0 Å². The Morgan fingerprint density at radius 3 is 2.62 bits per heavy atom. The summed E-state index contributed by atoms with van der Waals surface area (Å²) in [5.41, 5.74) is 2.92. The number of nitrogens with zero attached hydrogens (tertiary/aromatic N) is 4. The molecule has 5 nitrogen and oxygen atoms in total. The van der Waals surface area contributed by atoms with Gasteiger partial charge in [-0.25, -0.2) is 4.68 Å². The molecule has 176 valence electrons. The van der Waals surface area contributed by atoms with Gasteiger partial charge >= 0.3 is 0 Å². The van der Waals surface area contributed by atoms with E-state index in [1.807, 2.05) is 44.5 Å². The van der Waals surface area contributed by atoms with Gasteiger partial charge in [0.05, 0.1) is 26.2 Å². The number of aromatic nitrogens is 4. The lowest BCUT2D eigenvalue weighted by atomic mass is 9.96. The monoisotopic (exact) mass is 512 g/mol. The predicted molar refractivity (Wildman–Crippen MR) is 140 cm³/mol. The van der Waals surface area contributed by atoms with Crippen LogP contribution >= 0.6 is 34.5 Å². The van der Waals surface area contributed by atoms with Gasteiger partial charge in [0.2, 0.25) is 0 Å². The molecule has 0 aliphatic rings. The van der Waals surface area contributed by atoms with Crippen LogP contribution in [0, 0.1) is 18.8 Å². The van der Waals surface area contributed by atoms with E-state index in [1.54, 1.807) is 23.5 Å². The second-order valence-corrected chi connectivity index (χ2v) is 11.0. The fourth-order valence-electron chi connectivity index (χ4n) is 3.39. The molecule has 0 spiro atoms. The van der Waals surface area contributed by atoms with Crippen molar-refractivity contribution in [3.63, 3.8) is 0 Å². The van der Waals surface area contributed by atoms with Gasteiger partial charge < -0.3 is 4.52 Å². The zero-order chi connectivity index (χ0) is 24.5.